The van der Waals surface area contributed by atoms with Gasteiger partial charge in [-0.25, -0.2) is 10.9 Å². The van der Waals surface area contributed by atoms with Crippen molar-refractivity contribution in [2.75, 3.05) is 0 Å². The number of allylic oxidation sites excluding steroid dienone is 2. The molecule has 2 amide bonds. The number of aryl methyl sites for hydroxylation is 2. The first kappa shape index (κ1) is 26.0. The lowest BCUT2D eigenvalue weighted by Gasteiger charge is -2.05. The minimum atomic E-state index is -0.544. The van der Waals surface area contributed by atoms with Crippen LogP contribution in [0.15, 0.2) is 94.1 Å². The number of carbonyl (C=O) groups excluding carboxylic acids is 2. The van der Waals surface area contributed by atoms with Gasteiger partial charge in [0.15, 0.2) is 0 Å². The van der Waals surface area contributed by atoms with E-state index < -0.39 is 11.8 Å². The Morgan fingerprint density at radius 3 is 1.43 bits per heavy atom. The molecule has 194 valence electrons. The molecule has 2 N–H and O–H groups in total. The second-order valence-corrected chi connectivity index (χ2v) is 9.31. The van der Waals surface area contributed by atoms with Crippen molar-refractivity contribution < 1.29 is 9.59 Å². The molecule has 0 spiro atoms. The Balaban J connectivity index is 1.18. The van der Waals surface area contributed by atoms with Crippen LogP contribution in [0.2, 0.25) is 0 Å². The molecule has 0 unspecified atom stereocenters. The topological polar surface area (TPSA) is 130 Å². The molecule has 3 aromatic rings. The number of nitrogens with zero attached hydrogens (tertiary/aromatic N) is 4. The average molecular weight is 525 g/mol. The van der Waals surface area contributed by atoms with Gasteiger partial charge in [0.2, 0.25) is 0 Å². The Morgan fingerprint density at radius 1 is 0.625 bits per heavy atom. The number of hydrogen-bond acceptors (Lipinski definition) is 6. The number of rotatable bonds is 6. The molecule has 0 fully saturated rings. The van der Waals surface area contributed by atoms with Crippen molar-refractivity contribution in [1.82, 2.24) is 10.9 Å². The molecule has 2 aliphatic rings. The fourth-order valence-electron chi connectivity index (χ4n) is 4.99. The summed E-state index contributed by atoms with van der Waals surface area (Å²) in [5.41, 5.74) is 12.1. The Hall–Kier alpha value is -5.60. The number of hydrazone groups is 2. The number of carbonyl (C=O) groups is 2. The molecule has 3 aromatic carbocycles. The van der Waals surface area contributed by atoms with E-state index in [0.717, 1.165) is 57.4 Å². The SMILES string of the molecule is N#C/C(C(=O)N/N=C/c1ccc(/C=N/NC(=O)/C(C#N)=C2\CCc3ccccc32)cc1)=C1/CCc2ccccc21. The number of amides is 2. The predicted molar refractivity (Wildman–Crippen MR) is 153 cm³/mol. The van der Waals surface area contributed by atoms with E-state index in [0.29, 0.717) is 12.8 Å². The second kappa shape index (κ2) is 11.8. The van der Waals surface area contributed by atoms with E-state index in [2.05, 4.69) is 21.1 Å². The van der Waals surface area contributed by atoms with Gasteiger partial charge >= 0.3 is 0 Å². The summed E-state index contributed by atoms with van der Waals surface area (Å²) in [5, 5.41) is 27.2. The van der Waals surface area contributed by atoms with Crippen LogP contribution in [-0.2, 0) is 22.4 Å². The molecule has 5 rings (SSSR count). The monoisotopic (exact) mass is 524 g/mol. The normalized spacial score (nSPS) is 16.1. The quantitative estimate of drug-likeness (QED) is 0.214. The summed E-state index contributed by atoms with van der Waals surface area (Å²) in [6.45, 7) is 0. The van der Waals surface area contributed by atoms with E-state index in [-0.39, 0.29) is 11.1 Å². The fourth-order valence-corrected chi connectivity index (χ4v) is 4.99. The Morgan fingerprint density at radius 2 is 1.02 bits per heavy atom. The first-order chi connectivity index (χ1) is 19.6. The molecule has 0 saturated carbocycles. The zero-order valence-corrected chi connectivity index (χ0v) is 21.5. The van der Waals surface area contributed by atoms with E-state index in [9.17, 15) is 20.1 Å². The molecule has 0 bridgehead atoms. The second-order valence-electron chi connectivity index (χ2n) is 9.31. The lowest BCUT2D eigenvalue weighted by atomic mass is 10.0. The zero-order valence-electron chi connectivity index (χ0n) is 21.5. The van der Waals surface area contributed by atoms with Crippen molar-refractivity contribution in [3.63, 3.8) is 0 Å². The number of benzene rings is 3. The van der Waals surface area contributed by atoms with Gasteiger partial charge in [-0.2, -0.15) is 20.7 Å². The van der Waals surface area contributed by atoms with Gasteiger partial charge in [0, 0.05) is 0 Å². The highest BCUT2D eigenvalue weighted by molar-refractivity contribution is 6.06. The smallest absolute Gasteiger partial charge is 0.267 e. The standard InChI is InChI=1S/C32H24N6O2/c33-17-29(27-15-13-23-5-1-3-7-25(23)27)31(39)37-35-19-21-9-11-22(12-10-21)20-36-38-32(40)30(18-34)28-16-14-24-6-2-4-8-26(24)28/h1-12,19-20H,13-16H2,(H,37,39)(H,38,40)/b29-27+,30-28+,35-19+,36-20+. The van der Waals surface area contributed by atoms with Gasteiger partial charge in [-0.05, 0) is 70.2 Å². The maximum Gasteiger partial charge on any atom is 0.282 e. The van der Waals surface area contributed by atoms with E-state index in [1.54, 1.807) is 24.3 Å². The highest BCUT2D eigenvalue weighted by Gasteiger charge is 2.24. The minimum Gasteiger partial charge on any atom is -0.267 e. The number of nitriles is 2. The summed E-state index contributed by atoms with van der Waals surface area (Å²) in [6, 6.07) is 26.7. The molecule has 40 heavy (non-hydrogen) atoms. The van der Waals surface area contributed by atoms with Crippen LogP contribution in [0.4, 0.5) is 0 Å². The third kappa shape index (κ3) is 5.47. The summed E-state index contributed by atoms with van der Waals surface area (Å²) in [6.07, 6.45) is 5.86. The van der Waals surface area contributed by atoms with Crippen molar-refractivity contribution in [2.45, 2.75) is 25.7 Å². The van der Waals surface area contributed by atoms with E-state index in [1.807, 2.05) is 60.7 Å². The van der Waals surface area contributed by atoms with E-state index in [4.69, 9.17) is 0 Å². The third-order valence-corrected chi connectivity index (χ3v) is 6.95. The van der Waals surface area contributed by atoms with E-state index >= 15 is 0 Å². The summed E-state index contributed by atoms with van der Waals surface area (Å²) in [4.78, 5) is 25.2. The molecule has 8 nitrogen and oxygen atoms in total. The van der Waals surface area contributed by atoms with Gasteiger partial charge in [0.1, 0.15) is 23.3 Å². The summed E-state index contributed by atoms with van der Waals surface area (Å²) in [5.74, 6) is -1.09. The van der Waals surface area contributed by atoms with Crippen LogP contribution in [0.3, 0.4) is 0 Å². The van der Waals surface area contributed by atoms with Gasteiger partial charge in [-0.1, -0.05) is 72.8 Å². The average Bonchev–Trinajstić information content (AvgIpc) is 3.60. The number of nitrogens with one attached hydrogen (secondary N) is 2. The van der Waals surface area contributed by atoms with Crippen molar-refractivity contribution in [1.29, 1.82) is 10.5 Å². The first-order valence-electron chi connectivity index (χ1n) is 12.8. The number of hydrogen-bond donors (Lipinski definition) is 2. The molecule has 0 aromatic heterocycles. The molecule has 0 saturated heterocycles. The summed E-state index contributed by atoms with van der Waals surface area (Å²) >= 11 is 0. The van der Waals surface area contributed by atoms with Crippen LogP contribution in [0.25, 0.3) is 11.1 Å². The molecule has 8 heteroatoms. The van der Waals surface area contributed by atoms with E-state index in [1.165, 1.54) is 12.4 Å². The molecule has 0 atom stereocenters. The van der Waals surface area contributed by atoms with Gasteiger partial charge < -0.3 is 0 Å². The van der Waals surface area contributed by atoms with Crippen LogP contribution in [0.1, 0.15) is 46.2 Å². The van der Waals surface area contributed by atoms with Gasteiger partial charge in [-0.15, -0.1) is 0 Å². The Kier molecular flexibility index (Phi) is 7.71. The first-order valence-corrected chi connectivity index (χ1v) is 12.8. The zero-order chi connectivity index (χ0) is 27.9. The predicted octanol–water partition coefficient (Wildman–Crippen LogP) is 4.43. The van der Waals surface area contributed by atoms with Gasteiger partial charge in [-0.3, -0.25) is 9.59 Å². The van der Waals surface area contributed by atoms with Crippen LogP contribution < -0.4 is 10.9 Å². The molecule has 0 aliphatic heterocycles. The highest BCUT2D eigenvalue weighted by atomic mass is 16.2. The van der Waals surface area contributed by atoms with Crippen molar-refractivity contribution >= 4 is 35.4 Å². The minimum absolute atomic E-state index is 0.0723. The summed E-state index contributed by atoms with van der Waals surface area (Å²) in [7, 11) is 0. The molecular formula is C32H24N6O2. The maximum absolute atomic E-state index is 12.6. The van der Waals surface area contributed by atoms with Crippen molar-refractivity contribution in [3.05, 3.63) is 117 Å². The lowest BCUT2D eigenvalue weighted by molar-refractivity contribution is -0.117. The molecular weight excluding hydrogens is 500 g/mol. The lowest BCUT2D eigenvalue weighted by Crippen LogP contribution is -2.20. The molecule has 0 heterocycles. The van der Waals surface area contributed by atoms with Crippen molar-refractivity contribution in [2.24, 2.45) is 10.2 Å². The van der Waals surface area contributed by atoms with Gasteiger partial charge in [0.05, 0.1) is 12.4 Å². The van der Waals surface area contributed by atoms with Crippen LogP contribution in [-0.4, -0.2) is 24.2 Å². The summed E-state index contributed by atoms with van der Waals surface area (Å²) < 4.78 is 0. The van der Waals surface area contributed by atoms with Gasteiger partial charge in [0.25, 0.3) is 11.8 Å². The largest absolute Gasteiger partial charge is 0.282 e. The number of fused-ring (bicyclic) bond motifs is 2. The fraction of sp³-hybridized carbons (Fsp3) is 0.125. The Bertz CT molecular complexity index is 1570. The maximum atomic E-state index is 12.6. The third-order valence-electron chi connectivity index (χ3n) is 6.95. The Labute approximate surface area is 231 Å². The van der Waals surface area contributed by atoms with Crippen molar-refractivity contribution in [3.8, 4) is 12.1 Å². The van der Waals surface area contributed by atoms with Crippen LogP contribution in [0.5, 0.6) is 0 Å². The molecule has 2 aliphatic carbocycles. The molecule has 0 radical (unpaired) electrons. The van der Waals surface area contributed by atoms with Crippen LogP contribution in [0, 0.1) is 22.7 Å². The highest BCUT2D eigenvalue weighted by Crippen LogP contribution is 2.35. The van der Waals surface area contributed by atoms with Crippen LogP contribution >= 0.6 is 0 Å².